The fourth-order valence-corrected chi connectivity index (χ4v) is 3.87. The van der Waals surface area contributed by atoms with Crippen molar-refractivity contribution >= 4 is 46.4 Å². The molecule has 0 spiro atoms. The van der Waals surface area contributed by atoms with Crippen LogP contribution in [0.1, 0.15) is 22.8 Å². The molecule has 1 radical (unpaired) electrons. The van der Waals surface area contributed by atoms with Crippen molar-refractivity contribution in [3.8, 4) is 11.1 Å². The van der Waals surface area contributed by atoms with E-state index in [1.807, 2.05) is 42.5 Å². The van der Waals surface area contributed by atoms with Gasteiger partial charge in [0.15, 0.2) is 0 Å². The van der Waals surface area contributed by atoms with Crippen LogP contribution in [0.4, 0.5) is 0 Å². The zero-order chi connectivity index (χ0) is 19.9. The van der Waals surface area contributed by atoms with Crippen LogP contribution in [0.25, 0.3) is 57.5 Å². The number of nitrogens with zero attached hydrogens (tertiary/aromatic N) is 2. The van der Waals surface area contributed by atoms with Gasteiger partial charge in [-0.3, -0.25) is 0 Å². The number of rotatable bonds is 1. The smallest absolute Gasteiger partial charge is 0.0659 e. The molecular weight excluding hydrogens is 423 g/mol. The van der Waals surface area contributed by atoms with E-state index in [-0.39, 0.29) is 17.1 Å². The first-order valence-electron chi connectivity index (χ1n) is 9.92. The minimum Gasteiger partial charge on any atom is -0.355 e. The summed E-state index contributed by atoms with van der Waals surface area (Å²) in [6.07, 6.45) is 8.10. The van der Waals surface area contributed by atoms with Crippen molar-refractivity contribution in [2.75, 3.05) is 0 Å². The van der Waals surface area contributed by atoms with E-state index in [0.717, 1.165) is 50.4 Å². The molecule has 4 nitrogen and oxygen atoms in total. The Hall–Kier alpha value is -3.66. The van der Waals surface area contributed by atoms with Gasteiger partial charge in [0.2, 0.25) is 0 Å². The minimum atomic E-state index is 0. The average molecular weight is 441 g/mol. The average Bonchev–Trinajstić information content (AvgIpc) is 3.53. The van der Waals surface area contributed by atoms with Crippen molar-refractivity contribution in [1.82, 2.24) is 19.9 Å². The van der Waals surface area contributed by atoms with Gasteiger partial charge in [0.25, 0.3) is 0 Å². The number of benzene rings is 1. The Labute approximate surface area is 189 Å². The van der Waals surface area contributed by atoms with Crippen molar-refractivity contribution in [2.45, 2.75) is 0 Å². The monoisotopic (exact) mass is 441 g/mol. The fourth-order valence-electron chi connectivity index (χ4n) is 3.87. The Bertz CT molecular complexity index is 1490. The van der Waals surface area contributed by atoms with E-state index in [4.69, 9.17) is 4.98 Å². The van der Waals surface area contributed by atoms with Gasteiger partial charge in [0, 0.05) is 44.7 Å². The molecule has 0 fully saturated rings. The topological polar surface area (TPSA) is 57.4 Å². The van der Waals surface area contributed by atoms with Crippen LogP contribution in [-0.4, -0.2) is 19.9 Å². The summed E-state index contributed by atoms with van der Waals surface area (Å²) < 4.78 is 0. The molecule has 0 amide bonds. The molecule has 0 saturated heterocycles. The van der Waals surface area contributed by atoms with Gasteiger partial charge in [0.1, 0.15) is 0 Å². The van der Waals surface area contributed by atoms with Crippen LogP contribution in [0.3, 0.4) is 0 Å². The molecule has 2 aliphatic rings. The van der Waals surface area contributed by atoms with Gasteiger partial charge >= 0.3 is 0 Å². The van der Waals surface area contributed by atoms with Crippen LogP contribution < -0.4 is 0 Å². The van der Waals surface area contributed by atoms with Crippen LogP contribution >= 0.6 is 0 Å². The second kappa shape index (κ2) is 7.88. The quantitative estimate of drug-likeness (QED) is 0.294. The molecule has 2 N–H and O–H groups in total. The summed E-state index contributed by atoms with van der Waals surface area (Å²) in [5.41, 5.74) is 10.1. The first kappa shape index (κ1) is 19.3. The number of aromatic nitrogens is 4. The van der Waals surface area contributed by atoms with Gasteiger partial charge in [-0.05, 0) is 72.3 Å². The molecule has 6 rings (SSSR count). The van der Waals surface area contributed by atoms with Gasteiger partial charge in [-0.2, -0.15) is 0 Å². The van der Waals surface area contributed by atoms with Crippen molar-refractivity contribution < 1.29 is 17.1 Å². The largest absolute Gasteiger partial charge is 0.355 e. The van der Waals surface area contributed by atoms with E-state index in [1.54, 1.807) is 0 Å². The Balaban J connectivity index is 0.00000204. The van der Waals surface area contributed by atoms with E-state index >= 15 is 0 Å². The Kier molecular flexibility index (Phi) is 4.91. The number of H-pyrrole nitrogens is 2. The maximum atomic E-state index is 4.76. The second-order valence-corrected chi connectivity index (χ2v) is 7.45. The molecule has 0 aliphatic carbocycles. The molecule has 0 unspecified atom stereocenters. The van der Waals surface area contributed by atoms with Crippen LogP contribution in [0.2, 0.25) is 0 Å². The fraction of sp³-hybridized carbons (Fsp3) is 0. The summed E-state index contributed by atoms with van der Waals surface area (Å²) in [6, 6.07) is 25.0. The van der Waals surface area contributed by atoms with Crippen LogP contribution in [0, 0.1) is 0 Å². The van der Waals surface area contributed by atoms with E-state index in [9.17, 15) is 0 Å². The third-order valence-electron chi connectivity index (χ3n) is 5.25. The Morgan fingerprint density at radius 3 is 1.84 bits per heavy atom. The zero-order valence-electron chi connectivity index (χ0n) is 16.5. The molecule has 149 valence electrons. The summed E-state index contributed by atoms with van der Waals surface area (Å²) in [4.78, 5) is 16.4. The third-order valence-corrected chi connectivity index (χ3v) is 5.25. The molecule has 0 atom stereocenters. The standard InChI is InChI=1S/C26H18N4.Mn/c1-2-4-17(5-3-1)25-15-24-14-22-9-8-20(28-22)12-18-6-7-19(27-18)13-21-10-11-23(29-21)16-26(25)30-24;/h1-16,28,30H;. The zero-order valence-corrected chi connectivity index (χ0v) is 17.7. The molecular formula is C26H18MnN4. The maximum absolute atomic E-state index is 4.76. The summed E-state index contributed by atoms with van der Waals surface area (Å²) in [6.45, 7) is 0. The number of fused-ring (bicyclic) bond motifs is 8. The molecule has 0 saturated carbocycles. The summed E-state index contributed by atoms with van der Waals surface area (Å²) in [5.74, 6) is 0. The van der Waals surface area contributed by atoms with Crippen molar-refractivity contribution in [1.29, 1.82) is 0 Å². The van der Waals surface area contributed by atoms with E-state index in [1.165, 1.54) is 5.56 Å². The summed E-state index contributed by atoms with van der Waals surface area (Å²) in [5, 5.41) is 0. The first-order chi connectivity index (χ1) is 14.8. The first-order valence-corrected chi connectivity index (χ1v) is 9.92. The van der Waals surface area contributed by atoms with Crippen molar-refractivity contribution in [3.63, 3.8) is 0 Å². The number of nitrogens with one attached hydrogen (secondary N) is 2. The predicted molar refractivity (Wildman–Crippen MR) is 124 cm³/mol. The van der Waals surface area contributed by atoms with Crippen molar-refractivity contribution in [2.24, 2.45) is 0 Å². The Morgan fingerprint density at radius 2 is 1.13 bits per heavy atom. The van der Waals surface area contributed by atoms with E-state index in [2.05, 4.69) is 69.5 Å². The number of hydrogen-bond donors (Lipinski definition) is 2. The number of hydrogen-bond acceptors (Lipinski definition) is 2. The van der Waals surface area contributed by atoms with E-state index in [0.29, 0.717) is 0 Å². The number of aromatic amines is 2. The SMILES string of the molecule is C1=Cc2cc3ccc(cc4cc(-c5ccccc5)c(cc5nc(cc1n2)C=C5)[nH]4)[nH]3.[Mn]. The van der Waals surface area contributed by atoms with E-state index < -0.39 is 0 Å². The van der Waals surface area contributed by atoms with Gasteiger partial charge in [-0.25, -0.2) is 9.97 Å². The third kappa shape index (κ3) is 3.89. The molecule has 1 aromatic carbocycles. The van der Waals surface area contributed by atoms with Gasteiger partial charge in [0.05, 0.1) is 22.8 Å². The molecule has 5 heteroatoms. The normalized spacial score (nSPS) is 12.0. The predicted octanol–water partition coefficient (Wildman–Crippen LogP) is 6.32. The molecule has 8 bridgehead atoms. The summed E-state index contributed by atoms with van der Waals surface area (Å²) in [7, 11) is 0. The van der Waals surface area contributed by atoms with Crippen molar-refractivity contribution in [3.05, 3.63) is 95.6 Å². The van der Waals surface area contributed by atoms with Crippen LogP contribution in [0.5, 0.6) is 0 Å². The molecule has 31 heavy (non-hydrogen) atoms. The molecule has 4 aromatic rings. The molecule has 3 aromatic heterocycles. The molecule has 5 heterocycles. The van der Waals surface area contributed by atoms with Crippen LogP contribution in [-0.2, 0) is 17.1 Å². The maximum Gasteiger partial charge on any atom is 0.0659 e. The van der Waals surface area contributed by atoms with Crippen LogP contribution in [0.15, 0.2) is 72.8 Å². The molecule has 2 aliphatic heterocycles. The Morgan fingerprint density at radius 1 is 0.516 bits per heavy atom. The van der Waals surface area contributed by atoms with Gasteiger partial charge < -0.3 is 9.97 Å². The summed E-state index contributed by atoms with van der Waals surface area (Å²) >= 11 is 0. The van der Waals surface area contributed by atoms with Gasteiger partial charge in [-0.1, -0.05) is 30.3 Å². The second-order valence-electron chi connectivity index (χ2n) is 7.45. The van der Waals surface area contributed by atoms with Gasteiger partial charge in [-0.15, -0.1) is 0 Å². The minimum absolute atomic E-state index is 0.